The van der Waals surface area contributed by atoms with Crippen LogP contribution in [-0.4, -0.2) is 37.0 Å². The molecule has 0 atom stereocenters. The maximum atomic E-state index is 13.4. The zero-order chi connectivity index (χ0) is 38.6. The van der Waals surface area contributed by atoms with Gasteiger partial charge < -0.3 is 14.4 Å². The third-order valence-corrected chi connectivity index (χ3v) is 9.48. The number of ether oxygens (including phenoxy) is 2. The Hall–Kier alpha value is -6.51. The predicted octanol–water partition coefficient (Wildman–Crippen LogP) is 9.14. The van der Waals surface area contributed by atoms with Crippen molar-refractivity contribution < 1.29 is 22.7 Å². The summed E-state index contributed by atoms with van der Waals surface area (Å²) < 4.78 is 39.3. The van der Waals surface area contributed by atoms with Crippen molar-refractivity contribution >= 4 is 32.9 Å². The lowest BCUT2D eigenvalue weighted by atomic mass is 10.0. The molecule has 11 heteroatoms. The number of aromatic nitrogens is 2. The van der Waals surface area contributed by atoms with Gasteiger partial charge in [-0.1, -0.05) is 48.5 Å². The number of carbonyl (C=O) groups is 1. The zero-order valence-corrected chi connectivity index (χ0v) is 31.5. The van der Waals surface area contributed by atoms with Gasteiger partial charge in [-0.3, -0.25) is 19.5 Å². The molecule has 0 radical (unpaired) electrons. The van der Waals surface area contributed by atoms with Gasteiger partial charge in [0.1, 0.15) is 17.2 Å². The second-order valence-corrected chi connectivity index (χ2v) is 14.9. The first kappa shape index (κ1) is 38.2. The summed E-state index contributed by atoms with van der Waals surface area (Å²) in [5.41, 5.74) is 7.31. The van der Waals surface area contributed by atoms with Gasteiger partial charge in [-0.25, -0.2) is 13.3 Å². The molecule has 0 aliphatic carbocycles. The monoisotopic (exact) mass is 751 g/mol. The molecule has 278 valence electrons. The Morgan fingerprint density at radius 1 is 0.764 bits per heavy atom. The first-order chi connectivity index (χ1) is 26.6. The zero-order valence-electron chi connectivity index (χ0n) is 30.7. The Morgan fingerprint density at radius 3 is 2.15 bits per heavy atom. The van der Waals surface area contributed by atoms with Crippen LogP contribution >= 0.6 is 0 Å². The van der Waals surface area contributed by atoms with E-state index in [1.54, 1.807) is 55.0 Å². The summed E-state index contributed by atoms with van der Waals surface area (Å²) in [7, 11) is -3.48. The van der Waals surface area contributed by atoms with Gasteiger partial charge in [0.2, 0.25) is 10.0 Å². The highest BCUT2D eigenvalue weighted by molar-refractivity contribution is 7.92. The van der Waals surface area contributed by atoms with Crippen LogP contribution in [0.25, 0.3) is 4.85 Å². The predicted molar refractivity (Wildman–Crippen MR) is 216 cm³/mol. The molecule has 1 N–H and O–H groups in total. The van der Waals surface area contributed by atoms with Crippen molar-refractivity contribution in [2.45, 2.75) is 39.3 Å². The molecule has 4 aromatic carbocycles. The van der Waals surface area contributed by atoms with Crippen LogP contribution in [0.4, 0.5) is 17.1 Å². The maximum absolute atomic E-state index is 13.4. The highest BCUT2D eigenvalue weighted by Crippen LogP contribution is 2.32. The summed E-state index contributed by atoms with van der Waals surface area (Å²) in [6.07, 6.45) is 9.69. The molecule has 55 heavy (non-hydrogen) atoms. The SMILES string of the molecule is [C-]#[N+]c1ccc(CN(Cc2ccc(Oc3cc(OCCc4cccnc4)cc(C(=O)CCc4ccncc4)c3)cc2)c2cccc(NS(C)(=O)=O)c2C)cc1. The quantitative estimate of drug-likeness (QED) is 0.0725. The largest absolute Gasteiger partial charge is 0.493 e. The van der Waals surface area contributed by atoms with Crippen molar-refractivity contribution in [2.75, 3.05) is 22.5 Å². The molecule has 0 spiro atoms. The molecular formula is C44H41N5O5S. The number of pyridine rings is 2. The smallest absolute Gasteiger partial charge is 0.229 e. The summed E-state index contributed by atoms with van der Waals surface area (Å²) >= 11 is 0. The number of nitrogens with one attached hydrogen (secondary N) is 1. The van der Waals surface area contributed by atoms with Crippen molar-refractivity contribution in [1.82, 2.24) is 9.97 Å². The lowest BCUT2D eigenvalue weighted by Gasteiger charge is -2.28. The van der Waals surface area contributed by atoms with E-state index in [4.69, 9.17) is 16.0 Å². The number of anilines is 2. The second kappa shape index (κ2) is 18.0. The van der Waals surface area contributed by atoms with Crippen LogP contribution < -0.4 is 19.1 Å². The Labute approximate surface area is 322 Å². The van der Waals surface area contributed by atoms with Gasteiger partial charge in [-0.15, -0.1) is 0 Å². The molecule has 6 rings (SSSR count). The molecule has 0 amide bonds. The van der Waals surface area contributed by atoms with Crippen molar-refractivity contribution in [2.24, 2.45) is 0 Å². The Bertz CT molecular complexity index is 2370. The minimum absolute atomic E-state index is 0.0235. The minimum atomic E-state index is -3.48. The van der Waals surface area contributed by atoms with Crippen molar-refractivity contribution in [3.63, 3.8) is 0 Å². The number of hydrogen-bond donors (Lipinski definition) is 1. The van der Waals surface area contributed by atoms with E-state index >= 15 is 0 Å². The number of benzene rings is 4. The van der Waals surface area contributed by atoms with E-state index in [0.717, 1.165) is 39.8 Å². The first-order valence-electron chi connectivity index (χ1n) is 17.8. The fraction of sp³-hybridized carbons (Fsp3) is 0.182. The van der Waals surface area contributed by atoms with Crippen LogP contribution in [0.5, 0.6) is 17.2 Å². The molecular weight excluding hydrogens is 711 g/mol. The molecule has 0 aliphatic heterocycles. The second-order valence-electron chi connectivity index (χ2n) is 13.1. The third-order valence-electron chi connectivity index (χ3n) is 8.89. The molecule has 0 saturated carbocycles. The van der Waals surface area contributed by atoms with E-state index in [2.05, 4.69) is 24.4 Å². The molecule has 10 nitrogen and oxygen atoms in total. The van der Waals surface area contributed by atoms with Crippen LogP contribution in [0.1, 0.15) is 44.6 Å². The van der Waals surface area contributed by atoms with Crippen molar-refractivity contribution in [3.8, 4) is 17.2 Å². The number of ketones is 1. The molecule has 0 fully saturated rings. The minimum Gasteiger partial charge on any atom is -0.493 e. The van der Waals surface area contributed by atoms with Gasteiger partial charge in [-0.05, 0) is 95.8 Å². The summed E-state index contributed by atoms with van der Waals surface area (Å²) in [5.74, 6) is 1.58. The molecule has 0 aliphatic rings. The average Bonchev–Trinajstić information content (AvgIpc) is 3.19. The Balaban J connectivity index is 1.21. The van der Waals surface area contributed by atoms with Crippen LogP contribution in [0, 0.1) is 13.5 Å². The number of aryl methyl sites for hydroxylation is 1. The fourth-order valence-electron chi connectivity index (χ4n) is 6.08. The van der Waals surface area contributed by atoms with Crippen LogP contribution in [0.2, 0.25) is 0 Å². The van der Waals surface area contributed by atoms with Crippen molar-refractivity contribution in [1.29, 1.82) is 0 Å². The molecule has 0 saturated heterocycles. The maximum Gasteiger partial charge on any atom is 0.229 e. The van der Waals surface area contributed by atoms with Crippen molar-refractivity contribution in [3.05, 3.63) is 179 Å². The molecule has 0 unspecified atom stereocenters. The van der Waals surface area contributed by atoms with E-state index in [9.17, 15) is 13.2 Å². The van der Waals surface area contributed by atoms with E-state index < -0.39 is 10.0 Å². The van der Waals surface area contributed by atoms with Gasteiger partial charge in [0.25, 0.3) is 0 Å². The van der Waals surface area contributed by atoms with Crippen LogP contribution in [-0.2, 0) is 36.0 Å². The summed E-state index contributed by atoms with van der Waals surface area (Å²) in [4.78, 5) is 27.3. The molecule has 0 bridgehead atoms. The Kier molecular flexibility index (Phi) is 12.5. The fourth-order valence-corrected chi connectivity index (χ4v) is 6.70. The Morgan fingerprint density at radius 2 is 1.47 bits per heavy atom. The number of rotatable bonds is 17. The molecule has 6 aromatic rings. The normalized spacial score (nSPS) is 11.0. The van der Waals surface area contributed by atoms with Gasteiger partial charge in [0.15, 0.2) is 11.5 Å². The van der Waals surface area contributed by atoms with Gasteiger partial charge >= 0.3 is 0 Å². The summed E-state index contributed by atoms with van der Waals surface area (Å²) in [6, 6.07) is 33.7. The van der Waals surface area contributed by atoms with E-state index in [1.165, 1.54) is 0 Å². The highest BCUT2D eigenvalue weighted by atomic mass is 32.2. The third kappa shape index (κ3) is 11.2. The van der Waals surface area contributed by atoms with Gasteiger partial charge in [-0.2, -0.15) is 0 Å². The standard InChI is InChI=1S/C44H41N5O5S/c1-32-42(48-55(3,51)52)7-4-8-43(32)49(30-35-9-14-38(45-2)15-10-35)31-36-11-16-39(17-12-36)54-41-27-37(44(50)18-13-33-19-23-46-24-20-33)26-40(28-41)53-25-21-34-6-5-22-47-29-34/h4-12,14-17,19-20,22-24,26-29,48H,13,18,21,25,30-31H2,1,3H3. The molecule has 2 aromatic heterocycles. The van der Waals surface area contributed by atoms with E-state index in [1.807, 2.05) is 85.9 Å². The number of Topliss-reactive ketones (excluding diaryl/α,β-unsaturated/α-hetero) is 1. The van der Waals surface area contributed by atoms with Crippen LogP contribution in [0.15, 0.2) is 134 Å². The van der Waals surface area contributed by atoms with Crippen LogP contribution in [0.3, 0.4) is 0 Å². The average molecular weight is 752 g/mol. The summed E-state index contributed by atoms with van der Waals surface area (Å²) in [6.45, 7) is 10.6. The number of hydrogen-bond acceptors (Lipinski definition) is 8. The highest BCUT2D eigenvalue weighted by Gasteiger charge is 2.16. The van der Waals surface area contributed by atoms with E-state index in [-0.39, 0.29) is 5.78 Å². The van der Waals surface area contributed by atoms with Gasteiger partial charge in [0.05, 0.1) is 25.1 Å². The number of nitrogens with zero attached hydrogens (tertiary/aromatic N) is 4. The first-order valence-corrected chi connectivity index (χ1v) is 19.7. The van der Waals surface area contributed by atoms with E-state index in [0.29, 0.717) is 73.1 Å². The lowest BCUT2D eigenvalue weighted by molar-refractivity contribution is 0.0982. The number of sulfonamides is 1. The molecule has 2 heterocycles. The lowest BCUT2D eigenvalue weighted by Crippen LogP contribution is -2.23. The van der Waals surface area contributed by atoms with Gasteiger partial charge in [0, 0.05) is 68.0 Å². The number of carbonyl (C=O) groups excluding carboxylic acids is 1. The summed E-state index contributed by atoms with van der Waals surface area (Å²) in [5, 5.41) is 0. The topological polar surface area (TPSA) is 115 Å².